The highest BCUT2D eigenvalue weighted by molar-refractivity contribution is 5.40. The number of hydrogen-bond acceptors (Lipinski definition) is 5. The molecule has 5 rings (SSSR count). The quantitative estimate of drug-likeness (QED) is 0.799. The van der Waals surface area contributed by atoms with Gasteiger partial charge in [0.05, 0.1) is 17.5 Å². The molecule has 3 aliphatic rings. The summed E-state index contributed by atoms with van der Waals surface area (Å²) in [5.41, 5.74) is 0.225. The number of nitrogens with zero attached hydrogens (tertiary/aromatic N) is 4. The zero-order valence-electron chi connectivity index (χ0n) is 16.7. The molecule has 30 heavy (non-hydrogen) atoms. The maximum absolute atomic E-state index is 12.5. The van der Waals surface area contributed by atoms with Crippen LogP contribution >= 0.6 is 0 Å². The predicted molar refractivity (Wildman–Crippen MR) is 110 cm³/mol. The van der Waals surface area contributed by atoms with Gasteiger partial charge in [-0.25, -0.2) is 4.98 Å². The van der Waals surface area contributed by atoms with Crippen LogP contribution < -0.4 is 10.5 Å². The van der Waals surface area contributed by atoms with Crippen molar-refractivity contribution in [3.8, 4) is 0 Å². The van der Waals surface area contributed by atoms with Crippen molar-refractivity contribution in [3.63, 3.8) is 0 Å². The number of halogens is 3. The van der Waals surface area contributed by atoms with E-state index < -0.39 is 11.7 Å². The molecule has 9 heteroatoms. The van der Waals surface area contributed by atoms with E-state index in [2.05, 4.69) is 24.8 Å². The highest BCUT2D eigenvalue weighted by Gasteiger charge is 2.32. The summed E-state index contributed by atoms with van der Waals surface area (Å²) in [5, 5.41) is 0. The minimum absolute atomic E-state index is 0. The molecule has 1 aliphatic carbocycles. The molecule has 1 atom stereocenters. The fourth-order valence-electron chi connectivity index (χ4n) is 4.11. The zero-order valence-corrected chi connectivity index (χ0v) is 16.7. The molecule has 1 saturated carbocycles. The molecule has 1 N–H and O–H groups in total. The zero-order chi connectivity index (χ0) is 21.1. The fourth-order valence-corrected chi connectivity index (χ4v) is 4.11. The van der Waals surface area contributed by atoms with Crippen LogP contribution in [0.1, 0.15) is 50.7 Å². The van der Waals surface area contributed by atoms with Gasteiger partial charge in [-0.05, 0) is 50.8 Å². The highest BCUT2D eigenvalue weighted by Crippen LogP contribution is 2.38. The van der Waals surface area contributed by atoms with Gasteiger partial charge in [0.25, 0.3) is 5.56 Å². The number of aromatic nitrogens is 3. The Morgan fingerprint density at radius 2 is 1.83 bits per heavy atom. The number of hydrogen-bond donors (Lipinski definition) is 1. The van der Waals surface area contributed by atoms with Crippen molar-refractivity contribution in [2.24, 2.45) is 0 Å². The Bertz CT molecular complexity index is 881. The normalized spacial score (nSPS) is 22.1. The second-order valence-corrected chi connectivity index (χ2v) is 8.14. The monoisotopic (exact) mass is 423 g/mol. The van der Waals surface area contributed by atoms with Gasteiger partial charge in [0, 0.05) is 45.4 Å². The second-order valence-electron chi connectivity index (χ2n) is 8.14. The highest BCUT2D eigenvalue weighted by atomic mass is 19.4. The summed E-state index contributed by atoms with van der Waals surface area (Å²) in [6.45, 7) is 3.98. The first-order valence-electron chi connectivity index (χ1n) is 10.5. The molecule has 4 heterocycles. The molecule has 0 radical (unpaired) electrons. The lowest BCUT2D eigenvalue weighted by Crippen LogP contribution is -2.36. The van der Waals surface area contributed by atoms with E-state index in [0.717, 1.165) is 50.6 Å². The van der Waals surface area contributed by atoms with Crippen LogP contribution in [-0.4, -0.2) is 52.1 Å². The van der Waals surface area contributed by atoms with Gasteiger partial charge >= 0.3 is 6.18 Å². The number of fused-ring (bicyclic) bond motifs is 1. The number of anilines is 1. The van der Waals surface area contributed by atoms with Gasteiger partial charge < -0.3 is 9.88 Å². The number of alkyl halides is 3. The summed E-state index contributed by atoms with van der Waals surface area (Å²) < 4.78 is 37.6. The standard InChI is InChI=1S/C14H18F3N3.C7H8N2O.H2/c15-14(16,17)11-4-5-13(18-9-11)20-8-2-7-19-6-1-3-12(19)10-20;10-7-4-8-6(3-9-7)5-1-2-5;/h4-5,9,12H,1-3,6-8,10H2;3-5H,1-2H2,(H,9,10);1H. The van der Waals surface area contributed by atoms with Crippen LogP contribution in [0.5, 0.6) is 0 Å². The Hall–Kier alpha value is -2.42. The van der Waals surface area contributed by atoms with Gasteiger partial charge in [-0.1, -0.05) is 0 Å². The molecule has 6 nitrogen and oxygen atoms in total. The van der Waals surface area contributed by atoms with E-state index in [1.165, 1.54) is 37.9 Å². The fraction of sp³-hybridized carbons (Fsp3) is 0.571. The number of H-pyrrole nitrogens is 1. The molecule has 2 aliphatic heterocycles. The first-order chi connectivity index (χ1) is 14.4. The summed E-state index contributed by atoms with van der Waals surface area (Å²) in [5.74, 6) is 1.28. The average Bonchev–Trinajstić information content (AvgIpc) is 3.52. The molecular formula is C21H28F3N5O. The van der Waals surface area contributed by atoms with Gasteiger partial charge in [-0.15, -0.1) is 0 Å². The van der Waals surface area contributed by atoms with Crippen molar-refractivity contribution in [2.75, 3.05) is 31.1 Å². The van der Waals surface area contributed by atoms with Gasteiger partial charge in [0.2, 0.25) is 0 Å². The number of aromatic amines is 1. The molecule has 2 aromatic heterocycles. The van der Waals surface area contributed by atoms with E-state index in [-0.39, 0.29) is 6.99 Å². The van der Waals surface area contributed by atoms with E-state index in [1.807, 2.05) is 0 Å². The van der Waals surface area contributed by atoms with Crippen LogP contribution in [0.15, 0.2) is 35.5 Å². The van der Waals surface area contributed by atoms with Crippen LogP contribution in [0.25, 0.3) is 0 Å². The lowest BCUT2D eigenvalue weighted by Gasteiger charge is -2.26. The maximum Gasteiger partial charge on any atom is 0.417 e. The van der Waals surface area contributed by atoms with Crippen molar-refractivity contribution in [1.29, 1.82) is 0 Å². The SMILES string of the molecule is FC(F)(F)c1ccc(N2CCCN3CCCC3C2)nc1.O=c1cnc(C2CC2)c[nH]1.[HH]. The first kappa shape index (κ1) is 20.8. The molecule has 0 bridgehead atoms. The second kappa shape index (κ2) is 8.75. The third-order valence-electron chi connectivity index (χ3n) is 5.89. The average molecular weight is 423 g/mol. The maximum atomic E-state index is 12.5. The van der Waals surface area contributed by atoms with Crippen LogP contribution in [0.4, 0.5) is 19.0 Å². The summed E-state index contributed by atoms with van der Waals surface area (Å²) in [7, 11) is 0. The summed E-state index contributed by atoms with van der Waals surface area (Å²) in [6.07, 6.45) is 5.56. The number of pyridine rings is 1. The van der Waals surface area contributed by atoms with E-state index in [0.29, 0.717) is 17.8 Å². The van der Waals surface area contributed by atoms with Crippen LogP contribution in [0.2, 0.25) is 0 Å². The summed E-state index contributed by atoms with van der Waals surface area (Å²) >= 11 is 0. The van der Waals surface area contributed by atoms with E-state index in [4.69, 9.17) is 0 Å². The Balaban J connectivity index is 0.000000208. The topological polar surface area (TPSA) is 65.1 Å². The van der Waals surface area contributed by atoms with E-state index >= 15 is 0 Å². The van der Waals surface area contributed by atoms with Crippen molar-refractivity contribution in [1.82, 2.24) is 19.9 Å². The van der Waals surface area contributed by atoms with Gasteiger partial charge in [-0.3, -0.25) is 14.7 Å². The van der Waals surface area contributed by atoms with Gasteiger partial charge in [0.15, 0.2) is 0 Å². The molecule has 0 aromatic carbocycles. The lowest BCUT2D eigenvalue weighted by molar-refractivity contribution is -0.137. The van der Waals surface area contributed by atoms with Crippen LogP contribution in [0.3, 0.4) is 0 Å². The Kier molecular flexibility index (Phi) is 6.08. The molecular weight excluding hydrogens is 395 g/mol. The summed E-state index contributed by atoms with van der Waals surface area (Å²) in [4.78, 5) is 25.8. The Morgan fingerprint density at radius 3 is 2.47 bits per heavy atom. The van der Waals surface area contributed by atoms with Crippen molar-refractivity contribution >= 4 is 5.82 Å². The first-order valence-corrected chi connectivity index (χ1v) is 10.5. The third-order valence-corrected chi connectivity index (χ3v) is 5.89. The predicted octanol–water partition coefficient (Wildman–Crippen LogP) is 3.67. The minimum Gasteiger partial charge on any atom is -0.355 e. The molecule has 2 saturated heterocycles. The summed E-state index contributed by atoms with van der Waals surface area (Å²) in [6, 6.07) is 3.15. The number of rotatable bonds is 2. The lowest BCUT2D eigenvalue weighted by atomic mass is 10.2. The van der Waals surface area contributed by atoms with E-state index in [1.54, 1.807) is 6.20 Å². The van der Waals surface area contributed by atoms with Crippen LogP contribution in [0, 0.1) is 0 Å². The molecule has 164 valence electrons. The molecule has 3 fully saturated rings. The molecule has 0 spiro atoms. The van der Waals surface area contributed by atoms with Crippen molar-refractivity contribution in [3.05, 3.63) is 52.3 Å². The largest absolute Gasteiger partial charge is 0.417 e. The Morgan fingerprint density at radius 1 is 1.03 bits per heavy atom. The molecule has 1 unspecified atom stereocenters. The van der Waals surface area contributed by atoms with Gasteiger partial charge in [-0.2, -0.15) is 13.2 Å². The Labute approximate surface area is 174 Å². The minimum atomic E-state index is -4.31. The third kappa shape index (κ3) is 5.19. The van der Waals surface area contributed by atoms with Crippen molar-refractivity contribution in [2.45, 2.75) is 50.2 Å². The van der Waals surface area contributed by atoms with Crippen LogP contribution in [-0.2, 0) is 6.18 Å². The molecule has 2 aromatic rings. The molecule has 0 amide bonds. The number of nitrogens with one attached hydrogen (secondary N) is 1. The van der Waals surface area contributed by atoms with Crippen molar-refractivity contribution < 1.29 is 14.6 Å². The smallest absolute Gasteiger partial charge is 0.355 e. The van der Waals surface area contributed by atoms with Gasteiger partial charge in [0.1, 0.15) is 5.82 Å². The van der Waals surface area contributed by atoms with E-state index in [9.17, 15) is 18.0 Å².